The van der Waals surface area contributed by atoms with Crippen LogP contribution in [0, 0.1) is 5.92 Å². The zero-order valence-corrected chi connectivity index (χ0v) is 9.78. The maximum absolute atomic E-state index is 11.4. The predicted octanol–water partition coefficient (Wildman–Crippen LogP) is 0.463. The summed E-state index contributed by atoms with van der Waals surface area (Å²) >= 11 is 0. The van der Waals surface area contributed by atoms with E-state index in [1.165, 1.54) is 0 Å². The molecule has 0 aliphatic heterocycles. The molecule has 4 heteroatoms. The van der Waals surface area contributed by atoms with Gasteiger partial charge in [-0.2, -0.15) is 0 Å². The van der Waals surface area contributed by atoms with Crippen molar-refractivity contribution in [3.8, 4) is 0 Å². The minimum atomic E-state index is -0.565. The quantitative estimate of drug-likeness (QED) is 0.658. The highest BCUT2D eigenvalue weighted by atomic mass is 16.5. The van der Waals surface area contributed by atoms with Crippen molar-refractivity contribution in [1.29, 1.82) is 0 Å². The van der Waals surface area contributed by atoms with Gasteiger partial charge >= 0.3 is 5.97 Å². The third-order valence-corrected chi connectivity index (χ3v) is 2.21. The van der Waals surface area contributed by atoms with E-state index in [0.29, 0.717) is 12.5 Å². The summed E-state index contributed by atoms with van der Waals surface area (Å²) in [5, 5.41) is 0. The van der Waals surface area contributed by atoms with Crippen LogP contribution in [0.3, 0.4) is 0 Å². The fourth-order valence-electron chi connectivity index (χ4n) is 1.71. The van der Waals surface area contributed by atoms with E-state index >= 15 is 0 Å². The molecule has 2 unspecified atom stereocenters. The Balaban J connectivity index is 4.43. The largest absolute Gasteiger partial charge is 0.465 e. The Bertz CT molecular complexity index is 173. The van der Waals surface area contributed by atoms with Crippen LogP contribution < -0.4 is 5.73 Å². The highest BCUT2D eigenvalue weighted by Gasteiger charge is 2.29. The number of hydrogen-bond donors (Lipinski definition) is 1. The molecule has 0 saturated heterocycles. The van der Waals surface area contributed by atoms with Crippen LogP contribution in [0.1, 0.15) is 20.8 Å². The number of ether oxygens (including phenoxy) is 1. The zero-order valence-electron chi connectivity index (χ0n) is 9.78. The molecular weight excluding hydrogens is 180 g/mol. The van der Waals surface area contributed by atoms with Crippen molar-refractivity contribution < 1.29 is 9.53 Å². The van der Waals surface area contributed by atoms with E-state index in [1.807, 2.05) is 32.8 Å². The third-order valence-electron chi connectivity index (χ3n) is 2.21. The number of hydrogen-bond acceptors (Lipinski definition) is 4. The Hall–Kier alpha value is -0.610. The average molecular weight is 202 g/mol. The van der Waals surface area contributed by atoms with E-state index < -0.39 is 6.04 Å². The van der Waals surface area contributed by atoms with Gasteiger partial charge in [-0.25, -0.2) is 0 Å². The average Bonchev–Trinajstić information content (AvgIpc) is 2.03. The molecule has 4 nitrogen and oxygen atoms in total. The fraction of sp³-hybridized carbons (Fsp3) is 0.900. The standard InChI is InChI=1S/C10H22N2O2/c1-6-14-10(13)8(11)9(7(2)3)12(4)5/h7-9H,6,11H2,1-5H3. The van der Waals surface area contributed by atoms with Crippen LogP contribution in [0.5, 0.6) is 0 Å². The topological polar surface area (TPSA) is 55.6 Å². The predicted molar refractivity (Wildman–Crippen MR) is 56.9 cm³/mol. The van der Waals surface area contributed by atoms with Crippen molar-refractivity contribution in [2.75, 3.05) is 20.7 Å². The van der Waals surface area contributed by atoms with E-state index in [2.05, 4.69) is 0 Å². The molecule has 0 aromatic rings. The summed E-state index contributed by atoms with van der Waals surface area (Å²) in [5.74, 6) is 0.00399. The van der Waals surface area contributed by atoms with Gasteiger partial charge in [0.05, 0.1) is 6.61 Å². The van der Waals surface area contributed by atoms with Crippen molar-refractivity contribution in [3.05, 3.63) is 0 Å². The molecule has 0 rings (SSSR count). The van der Waals surface area contributed by atoms with Crippen LogP contribution in [0.25, 0.3) is 0 Å². The van der Waals surface area contributed by atoms with E-state index in [1.54, 1.807) is 6.92 Å². The first-order chi connectivity index (χ1) is 6.41. The summed E-state index contributed by atoms with van der Waals surface area (Å²) in [7, 11) is 3.84. The molecule has 0 fully saturated rings. The monoisotopic (exact) mass is 202 g/mol. The number of nitrogens with two attached hydrogens (primary N) is 1. The zero-order chi connectivity index (χ0) is 11.3. The lowest BCUT2D eigenvalue weighted by atomic mass is 9.96. The maximum Gasteiger partial charge on any atom is 0.324 e. The Labute approximate surface area is 86.4 Å². The van der Waals surface area contributed by atoms with Gasteiger partial charge in [-0.05, 0) is 26.9 Å². The first-order valence-corrected chi connectivity index (χ1v) is 5.00. The Morgan fingerprint density at radius 3 is 2.21 bits per heavy atom. The molecule has 0 saturated carbocycles. The molecule has 2 N–H and O–H groups in total. The van der Waals surface area contributed by atoms with Crippen LogP contribution in [0.4, 0.5) is 0 Å². The summed E-state index contributed by atoms with van der Waals surface area (Å²) in [6, 6.07) is -0.543. The Morgan fingerprint density at radius 2 is 1.93 bits per heavy atom. The summed E-state index contributed by atoms with van der Waals surface area (Å²) in [6.45, 7) is 6.25. The van der Waals surface area contributed by atoms with Crippen molar-refractivity contribution in [1.82, 2.24) is 4.90 Å². The number of nitrogens with zero attached hydrogens (tertiary/aromatic N) is 1. The molecule has 84 valence electrons. The van der Waals surface area contributed by atoms with E-state index in [9.17, 15) is 4.79 Å². The molecule has 0 aromatic heterocycles. The van der Waals surface area contributed by atoms with Gasteiger partial charge in [-0.15, -0.1) is 0 Å². The summed E-state index contributed by atoms with van der Waals surface area (Å²) < 4.78 is 4.89. The SMILES string of the molecule is CCOC(=O)C(N)C(C(C)C)N(C)C. The smallest absolute Gasteiger partial charge is 0.324 e. The van der Waals surface area contributed by atoms with Crippen molar-refractivity contribution in [3.63, 3.8) is 0 Å². The molecule has 0 amide bonds. The highest BCUT2D eigenvalue weighted by Crippen LogP contribution is 2.11. The summed E-state index contributed by atoms with van der Waals surface area (Å²) in [4.78, 5) is 13.4. The molecule has 0 spiro atoms. The van der Waals surface area contributed by atoms with Crippen molar-refractivity contribution in [2.24, 2.45) is 11.7 Å². The fourth-order valence-corrected chi connectivity index (χ4v) is 1.71. The molecule has 0 aliphatic carbocycles. The van der Waals surface area contributed by atoms with E-state index in [4.69, 9.17) is 10.5 Å². The molecule has 0 aliphatic rings. The molecule has 0 bridgehead atoms. The normalized spacial score (nSPS) is 15.7. The summed E-state index contributed by atoms with van der Waals surface area (Å²) in [5.41, 5.74) is 5.83. The molecule has 14 heavy (non-hydrogen) atoms. The Kier molecular flexibility index (Phi) is 5.72. The summed E-state index contributed by atoms with van der Waals surface area (Å²) in [6.07, 6.45) is 0. The van der Waals surface area contributed by atoms with Gasteiger partial charge in [0.25, 0.3) is 0 Å². The minimum absolute atomic E-state index is 0.0223. The van der Waals surface area contributed by atoms with Gasteiger partial charge < -0.3 is 15.4 Å². The number of carbonyl (C=O) groups is 1. The van der Waals surface area contributed by atoms with Gasteiger partial charge in [0.15, 0.2) is 0 Å². The number of esters is 1. The second-order valence-electron chi connectivity index (χ2n) is 3.98. The molecular formula is C10H22N2O2. The lowest BCUT2D eigenvalue weighted by Gasteiger charge is -2.31. The lowest BCUT2D eigenvalue weighted by molar-refractivity contribution is -0.146. The van der Waals surface area contributed by atoms with Gasteiger partial charge in [-0.3, -0.25) is 4.79 Å². The minimum Gasteiger partial charge on any atom is -0.465 e. The van der Waals surface area contributed by atoms with E-state index in [0.717, 1.165) is 0 Å². The number of rotatable bonds is 5. The molecule has 0 aromatic carbocycles. The van der Waals surface area contributed by atoms with Crippen LogP contribution in [-0.4, -0.2) is 43.7 Å². The van der Waals surface area contributed by atoms with Gasteiger partial charge in [-0.1, -0.05) is 13.8 Å². The first kappa shape index (κ1) is 13.4. The maximum atomic E-state index is 11.4. The first-order valence-electron chi connectivity index (χ1n) is 5.00. The molecule has 0 radical (unpaired) electrons. The lowest BCUT2D eigenvalue weighted by Crippen LogP contribution is -2.52. The second-order valence-corrected chi connectivity index (χ2v) is 3.98. The van der Waals surface area contributed by atoms with Crippen LogP contribution in [0.2, 0.25) is 0 Å². The Morgan fingerprint density at radius 1 is 1.43 bits per heavy atom. The molecule has 0 heterocycles. The number of likely N-dealkylation sites (N-methyl/N-ethyl adjacent to an activating group) is 1. The second kappa shape index (κ2) is 5.98. The number of carbonyl (C=O) groups excluding carboxylic acids is 1. The van der Waals surface area contributed by atoms with Gasteiger partial charge in [0.2, 0.25) is 0 Å². The third kappa shape index (κ3) is 3.64. The molecule has 2 atom stereocenters. The van der Waals surface area contributed by atoms with Crippen LogP contribution in [-0.2, 0) is 9.53 Å². The van der Waals surface area contributed by atoms with Crippen molar-refractivity contribution >= 4 is 5.97 Å². The van der Waals surface area contributed by atoms with Crippen LogP contribution >= 0.6 is 0 Å². The highest BCUT2D eigenvalue weighted by molar-refractivity contribution is 5.76. The van der Waals surface area contributed by atoms with E-state index in [-0.39, 0.29) is 12.0 Å². The van der Waals surface area contributed by atoms with Gasteiger partial charge in [0.1, 0.15) is 6.04 Å². The van der Waals surface area contributed by atoms with Crippen LogP contribution in [0.15, 0.2) is 0 Å². The van der Waals surface area contributed by atoms with Crippen molar-refractivity contribution in [2.45, 2.75) is 32.9 Å². The van der Waals surface area contributed by atoms with Gasteiger partial charge in [0, 0.05) is 6.04 Å².